The summed E-state index contributed by atoms with van der Waals surface area (Å²) in [7, 11) is 0. The first-order valence-corrected chi connectivity index (χ1v) is 8.04. The predicted molar refractivity (Wildman–Crippen MR) is 93.3 cm³/mol. The first-order chi connectivity index (χ1) is 11.2. The molecule has 1 aromatic rings. The fourth-order valence-corrected chi connectivity index (χ4v) is 2.08. The lowest BCUT2D eigenvalue weighted by Gasteiger charge is -2.24. The molecule has 0 amide bonds. The number of carbonyl (C=O) groups excluding carboxylic acids is 2. The molecular formula is C19H27NO4. The van der Waals surface area contributed by atoms with Crippen molar-refractivity contribution in [1.82, 2.24) is 4.90 Å². The summed E-state index contributed by atoms with van der Waals surface area (Å²) >= 11 is 0. The Balaban J connectivity index is 2.75. The Morgan fingerprint density at radius 1 is 1.12 bits per heavy atom. The third-order valence-corrected chi connectivity index (χ3v) is 3.01. The second kappa shape index (κ2) is 9.23. The molecule has 0 fully saturated rings. The van der Waals surface area contributed by atoms with Crippen molar-refractivity contribution in [2.45, 2.75) is 39.8 Å². The lowest BCUT2D eigenvalue weighted by atomic mass is 10.1. The van der Waals surface area contributed by atoms with E-state index >= 15 is 0 Å². The van der Waals surface area contributed by atoms with Crippen LogP contribution in [-0.4, -0.2) is 42.1 Å². The molecule has 0 aromatic heterocycles. The highest BCUT2D eigenvalue weighted by molar-refractivity contribution is 5.88. The van der Waals surface area contributed by atoms with Crippen LogP contribution in [0.15, 0.2) is 42.5 Å². The molecule has 0 saturated heterocycles. The van der Waals surface area contributed by atoms with Crippen LogP contribution in [0.25, 0.3) is 0 Å². The van der Waals surface area contributed by atoms with Gasteiger partial charge in [-0.3, -0.25) is 9.69 Å². The maximum atomic E-state index is 12.1. The zero-order valence-corrected chi connectivity index (χ0v) is 15.0. The van der Waals surface area contributed by atoms with Crippen molar-refractivity contribution in [1.29, 1.82) is 0 Å². The highest BCUT2D eigenvalue weighted by Gasteiger charge is 2.21. The van der Waals surface area contributed by atoms with Gasteiger partial charge in [-0.15, -0.1) is 0 Å². The molecule has 5 heteroatoms. The highest BCUT2D eigenvalue weighted by atomic mass is 16.6. The molecule has 132 valence electrons. The van der Waals surface area contributed by atoms with Gasteiger partial charge in [-0.05, 0) is 33.3 Å². The van der Waals surface area contributed by atoms with Crippen molar-refractivity contribution >= 4 is 11.9 Å². The summed E-state index contributed by atoms with van der Waals surface area (Å²) in [6.07, 6.45) is 0. The van der Waals surface area contributed by atoms with E-state index in [1.807, 2.05) is 35.2 Å². The van der Waals surface area contributed by atoms with Gasteiger partial charge in [0.05, 0.1) is 13.2 Å². The number of hydrogen-bond acceptors (Lipinski definition) is 5. The van der Waals surface area contributed by atoms with Crippen LogP contribution in [0.4, 0.5) is 0 Å². The van der Waals surface area contributed by atoms with Crippen molar-refractivity contribution < 1.29 is 19.1 Å². The molecule has 0 unspecified atom stereocenters. The van der Waals surface area contributed by atoms with Crippen LogP contribution in [-0.2, 0) is 25.6 Å². The van der Waals surface area contributed by atoms with Gasteiger partial charge in [0.2, 0.25) is 0 Å². The third-order valence-electron chi connectivity index (χ3n) is 3.01. The molecule has 5 nitrogen and oxygen atoms in total. The van der Waals surface area contributed by atoms with E-state index < -0.39 is 11.6 Å². The smallest absolute Gasteiger partial charge is 0.335 e. The Labute approximate surface area is 144 Å². The summed E-state index contributed by atoms with van der Waals surface area (Å²) in [5, 5.41) is 0. The van der Waals surface area contributed by atoms with Gasteiger partial charge in [0.25, 0.3) is 0 Å². The summed E-state index contributed by atoms with van der Waals surface area (Å²) < 4.78 is 10.3. The second-order valence-electron chi connectivity index (χ2n) is 6.54. The molecule has 0 N–H and O–H groups in total. The summed E-state index contributed by atoms with van der Waals surface area (Å²) in [5.74, 6) is -0.783. The fraction of sp³-hybridized carbons (Fsp3) is 0.474. The minimum absolute atomic E-state index is 0.0878. The molecule has 24 heavy (non-hydrogen) atoms. The van der Waals surface area contributed by atoms with E-state index in [-0.39, 0.29) is 19.1 Å². The van der Waals surface area contributed by atoms with Crippen molar-refractivity contribution in [3.05, 3.63) is 48.0 Å². The van der Waals surface area contributed by atoms with Gasteiger partial charge in [-0.2, -0.15) is 0 Å². The second-order valence-corrected chi connectivity index (χ2v) is 6.54. The zero-order valence-electron chi connectivity index (χ0n) is 15.0. The molecule has 0 radical (unpaired) electrons. The number of rotatable bonds is 8. The molecule has 0 bridgehead atoms. The van der Waals surface area contributed by atoms with Crippen molar-refractivity contribution in [2.75, 3.05) is 19.7 Å². The molecule has 0 saturated carbocycles. The van der Waals surface area contributed by atoms with Crippen LogP contribution in [0.5, 0.6) is 0 Å². The minimum atomic E-state index is -0.578. The summed E-state index contributed by atoms with van der Waals surface area (Å²) in [5.41, 5.74) is 0.773. The molecule has 0 aliphatic heterocycles. The molecule has 0 heterocycles. The molecule has 0 aliphatic carbocycles. The van der Waals surface area contributed by atoms with E-state index in [9.17, 15) is 9.59 Å². The van der Waals surface area contributed by atoms with E-state index in [0.29, 0.717) is 18.7 Å². The molecule has 0 spiro atoms. The van der Waals surface area contributed by atoms with Gasteiger partial charge < -0.3 is 9.47 Å². The van der Waals surface area contributed by atoms with E-state index in [2.05, 4.69) is 6.58 Å². The number of nitrogens with zero attached hydrogens (tertiary/aromatic N) is 1. The van der Waals surface area contributed by atoms with E-state index in [0.717, 1.165) is 5.56 Å². The number of hydrogen-bond donors (Lipinski definition) is 0. The SMILES string of the molecule is C=C(CN(CC(=O)OCC)Cc1ccccc1)C(=O)OC(C)(C)C. The largest absolute Gasteiger partial charge is 0.465 e. The monoisotopic (exact) mass is 333 g/mol. The Morgan fingerprint density at radius 2 is 1.75 bits per heavy atom. The van der Waals surface area contributed by atoms with Gasteiger partial charge in [0, 0.05) is 18.7 Å². The van der Waals surface area contributed by atoms with Gasteiger partial charge in [-0.1, -0.05) is 36.9 Å². The van der Waals surface area contributed by atoms with Gasteiger partial charge in [0.1, 0.15) is 5.60 Å². The van der Waals surface area contributed by atoms with Gasteiger partial charge in [0.15, 0.2) is 0 Å². The number of benzene rings is 1. The quantitative estimate of drug-likeness (QED) is 0.541. The minimum Gasteiger partial charge on any atom is -0.465 e. The summed E-state index contributed by atoms with van der Waals surface area (Å²) in [6, 6.07) is 9.72. The van der Waals surface area contributed by atoms with Gasteiger partial charge in [-0.25, -0.2) is 4.79 Å². The Morgan fingerprint density at radius 3 is 2.29 bits per heavy atom. The fourth-order valence-electron chi connectivity index (χ4n) is 2.08. The van der Waals surface area contributed by atoms with Crippen LogP contribution in [0.3, 0.4) is 0 Å². The average Bonchev–Trinajstić information content (AvgIpc) is 2.46. The summed E-state index contributed by atoms with van der Waals surface area (Å²) in [4.78, 5) is 25.7. The third kappa shape index (κ3) is 7.92. The van der Waals surface area contributed by atoms with Crippen LogP contribution in [0, 0.1) is 0 Å². The molecule has 1 aromatic carbocycles. The standard InChI is InChI=1S/C19H27NO4/c1-6-23-17(21)14-20(13-16-10-8-7-9-11-16)12-15(2)18(22)24-19(3,4)5/h7-11H,2,6,12-14H2,1,3-5H3. The Kier molecular flexibility index (Phi) is 7.65. The molecular weight excluding hydrogens is 306 g/mol. The first-order valence-electron chi connectivity index (χ1n) is 8.04. The molecule has 1 rings (SSSR count). The van der Waals surface area contributed by atoms with Crippen LogP contribution >= 0.6 is 0 Å². The number of esters is 2. The lowest BCUT2D eigenvalue weighted by molar-refractivity contribution is -0.151. The first kappa shape index (κ1) is 19.9. The Bertz CT molecular complexity index is 560. The number of ether oxygens (including phenoxy) is 2. The topological polar surface area (TPSA) is 55.8 Å². The normalized spacial score (nSPS) is 11.2. The highest BCUT2D eigenvalue weighted by Crippen LogP contribution is 2.12. The van der Waals surface area contributed by atoms with Crippen molar-refractivity contribution in [3.8, 4) is 0 Å². The van der Waals surface area contributed by atoms with E-state index in [1.165, 1.54) is 0 Å². The van der Waals surface area contributed by atoms with Crippen LogP contribution in [0.1, 0.15) is 33.3 Å². The lowest BCUT2D eigenvalue weighted by Crippen LogP contribution is -2.35. The van der Waals surface area contributed by atoms with Crippen LogP contribution in [0.2, 0.25) is 0 Å². The van der Waals surface area contributed by atoms with E-state index in [1.54, 1.807) is 27.7 Å². The Hall–Kier alpha value is -2.14. The van der Waals surface area contributed by atoms with E-state index in [4.69, 9.17) is 9.47 Å². The van der Waals surface area contributed by atoms with Crippen molar-refractivity contribution in [3.63, 3.8) is 0 Å². The van der Waals surface area contributed by atoms with Gasteiger partial charge >= 0.3 is 11.9 Å². The maximum Gasteiger partial charge on any atom is 0.335 e. The van der Waals surface area contributed by atoms with Crippen molar-refractivity contribution in [2.24, 2.45) is 0 Å². The maximum absolute atomic E-state index is 12.1. The molecule has 0 atom stereocenters. The average molecular weight is 333 g/mol. The van der Waals surface area contributed by atoms with Crippen LogP contribution < -0.4 is 0 Å². The predicted octanol–water partition coefficient (Wildman–Crippen LogP) is 2.95. The number of carbonyl (C=O) groups is 2. The zero-order chi connectivity index (χ0) is 18.2. The molecule has 0 aliphatic rings. The summed E-state index contributed by atoms with van der Waals surface area (Å²) in [6.45, 7) is 12.1.